The number of hydrogen-bond donors (Lipinski definition) is 1. The maximum absolute atomic E-state index is 12.7. The van der Waals surface area contributed by atoms with E-state index in [1.54, 1.807) is 18.2 Å². The summed E-state index contributed by atoms with van der Waals surface area (Å²) < 4.78 is 48.1. The number of carbonyl (C=O) groups is 1. The number of Topliss-reactive ketones (excluding diaryl/α,β-unsaturated/α-hetero) is 1. The lowest BCUT2D eigenvalue weighted by Crippen LogP contribution is -2.28. The van der Waals surface area contributed by atoms with Crippen LogP contribution in [0.15, 0.2) is 63.9 Å². The van der Waals surface area contributed by atoms with Crippen molar-refractivity contribution in [2.75, 3.05) is 0 Å². The smallest absolute Gasteiger partial charge is 0.460 e. The molecule has 2 aromatic rings. The fourth-order valence-corrected chi connectivity index (χ4v) is 3.74. The van der Waals surface area contributed by atoms with Crippen LogP contribution in [-0.4, -0.2) is 12.1 Å². The number of ether oxygens (including phenoxy) is 1. The summed E-state index contributed by atoms with van der Waals surface area (Å²) in [6, 6.07) is 9.12. The van der Waals surface area contributed by atoms with Crippen LogP contribution in [-0.2, 0) is 4.79 Å². The lowest BCUT2D eigenvalue weighted by molar-refractivity contribution is -0.274. The van der Waals surface area contributed by atoms with Gasteiger partial charge in [0.05, 0.1) is 11.5 Å². The van der Waals surface area contributed by atoms with E-state index in [1.807, 2.05) is 13.0 Å². The minimum atomic E-state index is -4.80. The summed E-state index contributed by atoms with van der Waals surface area (Å²) in [6.07, 6.45) is -0.814. The number of ketones is 1. The number of dihydropyridines is 1. The minimum absolute atomic E-state index is 0.0706. The molecule has 1 N–H and O–H groups in total. The summed E-state index contributed by atoms with van der Waals surface area (Å²) in [6.45, 7) is 1.91. The molecule has 2 aliphatic rings. The van der Waals surface area contributed by atoms with Gasteiger partial charge in [0.25, 0.3) is 0 Å². The van der Waals surface area contributed by atoms with Crippen molar-refractivity contribution >= 4 is 5.78 Å². The normalized spacial score (nSPS) is 19.8. The molecule has 1 aromatic carbocycles. The Bertz CT molecular complexity index is 985. The van der Waals surface area contributed by atoms with Crippen molar-refractivity contribution < 1.29 is 27.1 Å². The molecule has 1 atom stereocenters. The summed E-state index contributed by atoms with van der Waals surface area (Å²) in [5, 5.41) is 3.25. The first-order valence-electron chi connectivity index (χ1n) is 8.98. The monoisotopic (exact) mass is 389 g/mol. The molecule has 1 aromatic heterocycles. The van der Waals surface area contributed by atoms with Crippen molar-refractivity contribution in [2.24, 2.45) is 0 Å². The summed E-state index contributed by atoms with van der Waals surface area (Å²) in [5.41, 5.74) is 2.69. The van der Waals surface area contributed by atoms with E-state index in [2.05, 4.69) is 10.1 Å². The molecule has 0 bridgehead atoms. The Morgan fingerprint density at radius 2 is 1.93 bits per heavy atom. The topological polar surface area (TPSA) is 51.5 Å². The zero-order valence-corrected chi connectivity index (χ0v) is 15.1. The van der Waals surface area contributed by atoms with Crippen LogP contribution in [0, 0.1) is 0 Å². The van der Waals surface area contributed by atoms with E-state index in [4.69, 9.17) is 4.42 Å². The second-order valence-corrected chi connectivity index (χ2v) is 6.87. The summed E-state index contributed by atoms with van der Waals surface area (Å²) in [5.74, 6) is 0.154. The number of rotatable bonds is 3. The first-order chi connectivity index (χ1) is 13.3. The second kappa shape index (κ2) is 6.89. The van der Waals surface area contributed by atoms with Gasteiger partial charge in [-0.25, -0.2) is 0 Å². The third-order valence-corrected chi connectivity index (χ3v) is 4.84. The van der Waals surface area contributed by atoms with E-state index in [1.165, 1.54) is 18.2 Å². The van der Waals surface area contributed by atoms with Crippen LogP contribution >= 0.6 is 0 Å². The van der Waals surface area contributed by atoms with Crippen LogP contribution < -0.4 is 10.1 Å². The number of benzene rings is 1. The lowest BCUT2D eigenvalue weighted by atomic mass is 9.82. The third kappa shape index (κ3) is 3.56. The highest BCUT2D eigenvalue weighted by atomic mass is 19.4. The standard InChI is InChI=1S/C21H18F3NO3/c1-12-11-14(20-15(25-12)6-4-7-16(20)26)18-10-9-17(27-18)13-5-2-3-8-19(13)28-21(22,23)24/h2-3,5,8-11,14,25H,4,6-7H2,1H3. The number of furan rings is 1. The highest BCUT2D eigenvalue weighted by Gasteiger charge is 2.34. The van der Waals surface area contributed by atoms with Crippen molar-refractivity contribution in [3.05, 3.63) is 65.2 Å². The summed E-state index contributed by atoms with van der Waals surface area (Å²) in [4.78, 5) is 12.5. The number of halogens is 3. The predicted molar refractivity (Wildman–Crippen MR) is 96.3 cm³/mol. The van der Waals surface area contributed by atoms with Gasteiger partial charge in [-0.05, 0) is 44.0 Å². The predicted octanol–water partition coefficient (Wildman–Crippen LogP) is 5.44. The van der Waals surface area contributed by atoms with E-state index in [-0.39, 0.29) is 28.8 Å². The Kier molecular flexibility index (Phi) is 4.53. The lowest BCUT2D eigenvalue weighted by Gasteiger charge is -2.29. The molecular formula is C21H18F3NO3. The first-order valence-corrected chi connectivity index (χ1v) is 8.98. The molecule has 1 unspecified atom stereocenters. The van der Waals surface area contributed by atoms with Crippen LogP contribution in [0.25, 0.3) is 11.3 Å². The third-order valence-electron chi connectivity index (χ3n) is 4.84. The molecule has 1 aliphatic carbocycles. The molecule has 0 saturated heterocycles. The highest BCUT2D eigenvalue weighted by Crippen LogP contribution is 2.41. The molecule has 0 amide bonds. The molecular weight excluding hydrogens is 371 g/mol. The van der Waals surface area contributed by atoms with Crippen molar-refractivity contribution in [2.45, 2.75) is 38.5 Å². The average Bonchev–Trinajstić information content (AvgIpc) is 3.10. The van der Waals surface area contributed by atoms with Crippen molar-refractivity contribution in [1.82, 2.24) is 5.32 Å². The van der Waals surface area contributed by atoms with Gasteiger partial charge in [0.15, 0.2) is 5.78 Å². The van der Waals surface area contributed by atoms with Crippen LogP contribution in [0.4, 0.5) is 13.2 Å². The van der Waals surface area contributed by atoms with Gasteiger partial charge in [-0.1, -0.05) is 18.2 Å². The Balaban J connectivity index is 1.72. The number of carbonyl (C=O) groups excluding carboxylic acids is 1. The minimum Gasteiger partial charge on any atom is -0.460 e. The Morgan fingerprint density at radius 3 is 2.71 bits per heavy atom. The second-order valence-electron chi connectivity index (χ2n) is 6.87. The zero-order valence-electron chi connectivity index (χ0n) is 15.1. The SMILES string of the molecule is CC1=CC(c2ccc(-c3ccccc3OC(F)(F)F)o2)C2=C(CCCC2=O)N1. The van der Waals surface area contributed by atoms with Gasteiger partial charge in [-0.2, -0.15) is 0 Å². The van der Waals surface area contributed by atoms with E-state index in [0.717, 1.165) is 24.2 Å². The Hall–Kier alpha value is -2.96. The Morgan fingerprint density at radius 1 is 1.14 bits per heavy atom. The van der Waals surface area contributed by atoms with Crippen molar-refractivity contribution in [3.8, 4) is 17.1 Å². The number of hydrogen-bond acceptors (Lipinski definition) is 4. The zero-order chi connectivity index (χ0) is 19.9. The molecule has 2 heterocycles. The largest absolute Gasteiger partial charge is 0.573 e. The summed E-state index contributed by atoms with van der Waals surface area (Å²) >= 11 is 0. The van der Waals surface area contributed by atoms with Crippen LogP contribution in [0.1, 0.15) is 37.9 Å². The quantitative estimate of drug-likeness (QED) is 0.759. The molecule has 7 heteroatoms. The van der Waals surface area contributed by atoms with Crippen LogP contribution in [0.2, 0.25) is 0 Å². The first kappa shape index (κ1) is 18.4. The molecule has 4 nitrogen and oxygen atoms in total. The number of para-hydroxylation sites is 1. The fourth-order valence-electron chi connectivity index (χ4n) is 3.74. The van der Waals surface area contributed by atoms with Gasteiger partial charge in [0.2, 0.25) is 0 Å². The van der Waals surface area contributed by atoms with Crippen LogP contribution in [0.3, 0.4) is 0 Å². The van der Waals surface area contributed by atoms with E-state index < -0.39 is 6.36 Å². The molecule has 0 radical (unpaired) electrons. The average molecular weight is 389 g/mol. The van der Waals surface area contributed by atoms with Crippen molar-refractivity contribution in [3.63, 3.8) is 0 Å². The molecule has 1 aliphatic heterocycles. The molecule has 0 saturated carbocycles. The molecule has 146 valence electrons. The summed E-state index contributed by atoms with van der Waals surface area (Å²) in [7, 11) is 0. The number of alkyl halides is 3. The number of nitrogens with one attached hydrogen (secondary N) is 1. The molecule has 28 heavy (non-hydrogen) atoms. The van der Waals surface area contributed by atoms with Gasteiger partial charge in [-0.15, -0.1) is 13.2 Å². The maximum Gasteiger partial charge on any atom is 0.573 e. The van der Waals surface area contributed by atoms with E-state index >= 15 is 0 Å². The van der Waals surface area contributed by atoms with Crippen molar-refractivity contribution in [1.29, 1.82) is 0 Å². The van der Waals surface area contributed by atoms with Gasteiger partial charge < -0.3 is 14.5 Å². The molecule has 0 spiro atoms. The van der Waals surface area contributed by atoms with Gasteiger partial charge in [-0.3, -0.25) is 4.79 Å². The van der Waals surface area contributed by atoms with Gasteiger partial charge in [0, 0.05) is 23.4 Å². The molecule has 4 rings (SSSR count). The molecule has 0 fully saturated rings. The fraction of sp³-hybridized carbons (Fsp3) is 0.286. The maximum atomic E-state index is 12.7. The van der Waals surface area contributed by atoms with E-state index in [0.29, 0.717) is 17.8 Å². The van der Waals surface area contributed by atoms with Gasteiger partial charge in [0.1, 0.15) is 17.3 Å². The highest BCUT2D eigenvalue weighted by molar-refractivity contribution is 5.99. The van der Waals surface area contributed by atoms with Crippen LogP contribution in [0.5, 0.6) is 5.75 Å². The van der Waals surface area contributed by atoms with Gasteiger partial charge >= 0.3 is 6.36 Å². The van der Waals surface area contributed by atoms with E-state index in [9.17, 15) is 18.0 Å². The number of allylic oxidation sites excluding steroid dienone is 4. The Labute approximate surface area is 159 Å².